The minimum atomic E-state index is -1.13. The highest BCUT2D eigenvalue weighted by Crippen LogP contribution is 2.59. The second kappa shape index (κ2) is 13.9. The number of nitrogens with zero attached hydrogens (tertiary/aromatic N) is 4. The van der Waals surface area contributed by atoms with Crippen LogP contribution in [-0.4, -0.2) is 79.4 Å². The SMILES string of the molecule is CCNc1cc2c(cc1C)C1(c3cc(C)c(NCC)cc3O2)c2ccccc2C(=O)N1/N=C/c1cc(Br)cc(CN(C)CCN(C)C)c1O. The Labute approximate surface area is 297 Å². The van der Waals surface area contributed by atoms with E-state index in [4.69, 9.17) is 9.84 Å². The Bertz CT molecular complexity index is 1880. The number of carbonyl (C=O) groups is 1. The van der Waals surface area contributed by atoms with Crippen molar-refractivity contribution in [3.8, 4) is 17.2 Å². The van der Waals surface area contributed by atoms with Crippen LogP contribution < -0.4 is 15.4 Å². The van der Waals surface area contributed by atoms with Gasteiger partial charge in [-0.2, -0.15) is 5.10 Å². The average molecular weight is 726 g/mol. The van der Waals surface area contributed by atoms with E-state index in [1.807, 2.05) is 69.7 Å². The van der Waals surface area contributed by atoms with Gasteiger partial charge in [-0.1, -0.05) is 34.1 Å². The van der Waals surface area contributed by atoms with Crippen LogP contribution in [0.25, 0.3) is 0 Å². The van der Waals surface area contributed by atoms with E-state index in [2.05, 4.69) is 76.2 Å². The monoisotopic (exact) mass is 724 g/mol. The van der Waals surface area contributed by atoms with Crippen molar-refractivity contribution in [3.05, 3.63) is 110 Å². The van der Waals surface area contributed by atoms with Gasteiger partial charge in [-0.25, -0.2) is 5.01 Å². The van der Waals surface area contributed by atoms with E-state index in [-0.39, 0.29) is 11.7 Å². The summed E-state index contributed by atoms with van der Waals surface area (Å²) in [6, 6.07) is 19.8. The molecule has 0 unspecified atom stereocenters. The van der Waals surface area contributed by atoms with Gasteiger partial charge < -0.3 is 30.3 Å². The number of phenolic OH excluding ortho intramolecular Hbond substituents is 1. The van der Waals surface area contributed by atoms with Gasteiger partial charge in [-0.05, 0) is 90.3 Å². The number of anilines is 2. The highest BCUT2D eigenvalue weighted by atomic mass is 79.9. The normalized spacial score (nSPS) is 14.4. The number of hydrazone groups is 1. The predicted molar refractivity (Wildman–Crippen MR) is 202 cm³/mol. The highest BCUT2D eigenvalue weighted by Gasteiger charge is 2.57. The molecule has 3 N–H and O–H groups in total. The number of likely N-dealkylation sites (N-methyl/N-ethyl adjacent to an activating group) is 2. The fraction of sp³-hybridized carbons (Fsp3) is 0.333. The number of hydrogen-bond donors (Lipinski definition) is 3. The zero-order valence-electron chi connectivity index (χ0n) is 29.3. The molecule has 2 heterocycles. The molecule has 4 aromatic carbocycles. The number of nitrogens with one attached hydrogen (secondary N) is 2. The molecule has 0 aliphatic carbocycles. The van der Waals surface area contributed by atoms with Crippen molar-refractivity contribution < 1.29 is 14.6 Å². The van der Waals surface area contributed by atoms with E-state index in [0.29, 0.717) is 29.2 Å². The van der Waals surface area contributed by atoms with Crippen LogP contribution in [0.2, 0.25) is 0 Å². The molecule has 0 radical (unpaired) electrons. The summed E-state index contributed by atoms with van der Waals surface area (Å²) in [6.07, 6.45) is 1.60. The van der Waals surface area contributed by atoms with Gasteiger partial charge in [0.25, 0.3) is 5.91 Å². The number of fused-ring (bicyclic) bond motifs is 6. The number of hydrogen-bond acceptors (Lipinski definition) is 8. The molecule has 49 heavy (non-hydrogen) atoms. The van der Waals surface area contributed by atoms with Crippen LogP contribution in [0.3, 0.4) is 0 Å². The van der Waals surface area contributed by atoms with Gasteiger partial charge in [0.2, 0.25) is 0 Å². The molecule has 9 nitrogen and oxygen atoms in total. The summed E-state index contributed by atoms with van der Waals surface area (Å²) in [4.78, 5) is 18.9. The summed E-state index contributed by atoms with van der Waals surface area (Å²) < 4.78 is 7.52. The number of aromatic hydroxyl groups is 1. The molecule has 0 bridgehead atoms. The first-order valence-corrected chi connectivity index (χ1v) is 17.6. The lowest BCUT2D eigenvalue weighted by atomic mass is 9.74. The van der Waals surface area contributed by atoms with Crippen molar-refractivity contribution in [2.75, 3.05) is 58.0 Å². The summed E-state index contributed by atoms with van der Waals surface area (Å²) in [5.74, 6) is 1.20. The van der Waals surface area contributed by atoms with Gasteiger partial charge in [0.15, 0.2) is 0 Å². The maximum Gasteiger partial charge on any atom is 0.275 e. The van der Waals surface area contributed by atoms with Crippen molar-refractivity contribution in [1.82, 2.24) is 14.8 Å². The zero-order valence-corrected chi connectivity index (χ0v) is 30.9. The smallest absolute Gasteiger partial charge is 0.275 e. The van der Waals surface area contributed by atoms with Crippen LogP contribution in [0.15, 0.2) is 70.2 Å². The van der Waals surface area contributed by atoms with Gasteiger partial charge in [0, 0.05) is 94.1 Å². The third-order valence-corrected chi connectivity index (χ3v) is 9.77. The molecule has 1 amide bonds. The van der Waals surface area contributed by atoms with Gasteiger partial charge in [0.1, 0.15) is 22.8 Å². The lowest BCUT2D eigenvalue weighted by Gasteiger charge is -2.42. The maximum atomic E-state index is 14.6. The zero-order chi connectivity index (χ0) is 35.0. The summed E-state index contributed by atoms with van der Waals surface area (Å²) in [5.41, 5.74) is 7.19. The summed E-state index contributed by atoms with van der Waals surface area (Å²) in [6.45, 7) is 12.1. The van der Waals surface area contributed by atoms with Gasteiger partial charge in [-0.15, -0.1) is 0 Å². The third-order valence-electron chi connectivity index (χ3n) is 9.31. The van der Waals surface area contributed by atoms with Gasteiger partial charge in [0.05, 0.1) is 6.21 Å². The van der Waals surface area contributed by atoms with Gasteiger partial charge in [-0.3, -0.25) is 4.79 Å². The topological polar surface area (TPSA) is 92.7 Å². The molecule has 0 aromatic heterocycles. The number of halogens is 1. The molecule has 2 aliphatic rings. The second-order valence-corrected chi connectivity index (χ2v) is 14.1. The quantitative estimate of drug-likeness (QED) is 0.138. The molecule has 256 valence electrons. The molecule has 10 heteroatoms. The Morgan fingerprint density at radius 1 is 0.898 bits per heavy atom. The number of ether oxygens (including phenoxy) is 1. The summed E-state index contributed by atoms with van der Waals surface area (Å²) in [5, 5.41) is 25.0. The van der Waals surface area contributed by atoms with E-state index >= 15 is 0 Å². The highest BCUT2D eigenvalue weighted by molar-refractivity contribution is 9.10. The number of benzene rings is 4. The number of phenols is 1. The van der Waals surface area contributed by atoms with Crippen LogP contribution in [0.5, 0.6) is 17.2 Å². The van der Waals surface area contributed by atoms with Crippen LogP contribution in [-0.2, 0) is 12.1 Å². The second-order valence-electron chi connectivity index (χ2n) is 13.2. The molecule has 0 saturated carbocycles. The van der Waals surface area contributed by atoms with E-state index in [1.165, 1.54) is 0 Å². The fourth-order valence-corrected chi connectivity index (χ4v) is 7.44. The molecular weight excluding hydrogens is 680 g/mol. The summed E-state index contributed by atoms with van der Waals surface area (Å²) >= 11 is 3.65. The molecule has 6 rings (SSSR count). The van der Waals surface area contributed by atoms with E-state index in [9.17, 15) is 9.90 Å². The van der Waals surface area contributed by atoms with Crippen LogP contribution >= 0.6 is 15.9 Å². The van der Waals surface area contributed by atoms with Crippen LogP contribution in [0.1, 0.15) is 63.1 Å². The Morgan fingerprint density at radius 2 is 1.51 bits per heavy atom. The maximum absolute atomic E-state index is 14.6. The lowest BCUT2D eigenvalue weighted by Crippen LogP contribution is -2.44. The number of rotatable bonds is 11. The Kier molecular flexibility index (Phi) is 9.75. The fourth-order valence-electron chi connectivity index (χ4n) is 6.92. The van der Waals surface area contributed by atoms with Crippen molar-refractivity contribution in [3.63, 3.8) is 0 Å². The first-order valence-electron chi connectivity index (χ1n) is 16.8. The third kappa shape index (κ3) is 6.17. The average Bonchev–Trinajstić information content (AvgIpc) is 3.31. The van der Waals surface area contributed by atoms with E-state index < -0.39 is 5.54 Å². The summed E-state index contributed by atoms with van der Waals surface area (Å²) in [7, 11) is 6.13. The van der Waals surface area contributed by atoms with Crippen molar-refractivity contribution >= 4 is 39.4 Å². The Hall–Kier alpha value is -4.38. The molecule has 1 spiro atoms. The number of amides is 1. The molecule has 0 saturated heterocycles. The van der Waals surface area contributed by atoms with E-state index in [1.54, 1.807) is 11.2 Å². The predicted octanol–water partition coefficient (Wildman–Crippen LogP) is 7.52. The molecular formula is C39H45BrN6O3. The van der Waals surface area contributed by atoms with Crippen molar-refractivity contribution in [2.45, 2.75) is 39.8 Å². The molecule has 0 atom stereocenters. The van der Waals surface area contributed by atoms with Gasteiger partial charge >= 0.3 is 0 Å². The van der Waals surface area contributed by atoms with E-state index in [0.717, 1.165) is 75.4 Å². The Balaban J connectivity index is 1.56. The minimum Gasteiger partial charge on any atom is -0.507 e. The molecule has 2 aliphatic heterocycles. The Morgan fingerprint density at radius 3 is 2.10 bits per heavy atom. The van der Waals surface area contributed by atoms with Crippen LogP contribution in [0, 0.1) is 13.8 Å². The van der Waals surface area contributed by atoms with Crippen molar-refractivity contribution in [1.29, 1.82) is 0 Å². The minimum absolute atomic E-state index is 0.131. The molecule has 4 aromatic rings. The number of carbonyl (C=O) groups excluding carboxylic acids is 1. The first kappa shape index (κ1) is 34.5. The standard InChI is InChI=1S/C39H45BrN6O3/c1-8-41-33-20-35-31(16-24(33)3)39(32-17-25(4)34(42-9-2)21-36(32)49-35)30-13-11-10-12-29(30)38(48)46(39)43-22-26-18-28(40)19-27(37(26)47)23-45(7)15-14-44(5)6/h10-13,16-22,41-42,47H,8-9,14-15,23H2,1-7H3/b43-22+. The number of aryl methyl sites for hydroxylation is 2. The van der Waals surface area contributed by atoms with Crippen LogP contribution in [0.4, 0.5) is 11.4 Å². The lowest BCUT2D eigenvalue weighted by molar-refractivity contribution is 0.0675. The molecule has 0 fully saturated rings. The first-order chi connectivity index (χ1) is 23.5. The largest absolute Gasteiger partial charge is 0.507 e. The van der Waals surface area contributed by atoms with Crippen molar-refractivity contribution in [2.24, 2.45) is 5.10 Å².